The van der Waals surface area contributed by atoms with Crippen LogP contribution in [0.15, 0.2) is 42.5 Å². The highest BCUT2D eigenvalue weighted by atomic mass is 19.1. The van der Waals surface area contributed by atoms with E-state index in [-0.39, 0.29) is 18.0 Å². The highest BCUT2D eigenvalue weighted by Gasteiger charge is 2.13. The molecule has 0 saturated carbocycles. The summed E-state index contributed by atoms with van der Waals surface area (Å²) in [4.78, 5) is 22.1. The highest BCUT2D eigenvalue weighted by Crippen LogP contribution is 2.28. The van der Waals surface area contributed by atoms with Crippen LogP contribution in [0, 0.1) is 15.9 Å². The zero-order chi connectivity index (χ0) is 16.8. The number of carbonyl (C=O) groups excluding carboxylic acids is 1. The second kappa shape index (κ2) is 7.21. The largest absolute Gasteiger partial charge is 0.494 e. The summed E-state index contributed by atoms with van der Waals surface area (Å²) in [7, 11) is 1.35. The van der Waals surface area contributed by atoms with Crippen molar-refractivity contribution in [1.82, 2.24) is 0 Å². The third kappa shape index (κ3) is 4.40. The van der Waals surface area contributed by atoms with Crippen LogP contribution in [0.3, 0.4) is 0 Å². The van der Waals surface area contributed by atoms with Crippen molar-refractivity contribution < 1.29 is 18.8 Å². The second-order valence-corrected chi connectivity index (χ2v) is 4.55. The minimum absolute atomic E-state index is 0.0937. The predicted octanol–water partition coefficient (Wildman–Crippen LogP) is 2.79. The van der Waals surface area contributed by atoms with Crippen molar-refractivity contribution >= 4 is 23.0 Å². The number of hydrogen-bond donors (Lipinski definition) is 2. The molecule has 8 heteroatoms. The predicted molar refractivity (Wildman–Crippen MR) is 83.2 cm³/mol. The highest BCUT2D eigenvalue weighted by molar-refractivity contribution is 5.95. The number of nitro benzene ring substituents is 1. The van der Waals surface area contributed by atoms with Gasteiger partial charge in [0.05, 0.1) is 30.3 Å². The Morgan fingerprint density at radius 1 is 1.30 bits per heavy atom. The van der Waals surface area contributed by atoms with E-state index in [0.29, 0.717) is 11.4 Å². The van der Waals surface area contributed by atoms with Gasteiger partial charge in [-0.2, -0.15) is 0 Å². The molecule has 0 aliphatic heterocycles. The van der Waals surface area contributed by atoms with Crippen LogP contribution in [-0.4, -0.2) is 24.5 Å². The maximum atomic E-state index is 13.0. The first-order valence-electron chi connectivity index (χ1n) is 6.61. The standard InChI is InChI=1S/C15H14FN3O4/c1-23-14-8-12(19(21)22)5-6-13(14)18-15(20)9-17-11-4-2-3-10(16)7-11/h2-8,17H,9H2,1H3,(H,18,20). The number of nitrogens with zero attached hydrogens (tertiary/aromatic N) is 1. The van der Waals surface area contributed by atoms with Crippen LogP contribution < -0.4 is 15.4 Å². The lowest BCUT2D eigenvalue weighted by atomic mass is 10.2. The molecule has 1 amide bonds. The van der Waals surface area contributed by atoms with Gasteiger partial charge < -0.3 is 15.4 Å². The minimum atomic E-state index is -0.556. The lowest BCUT2D eigenvalue weighted by Crippen LogP contribution is -2.22. The molecule has 23 heavy (non-hydrogen) atoms. The fourth-order valence-corrected chi connectivity index (χ4v) is 1.87. The number of halogens is 1. The van der Waals surface area contributed by atoms with Crippen LogP contribution >= 0.6 is 0 Å². The molecule has 0 atom stereocenters. The maximum absolute atomic E-state index is 13.0. The molecule has 0 aromatic heterocycles. The number of nitro groups is 1. The van der Waals surface area contributed by atoms with E-state index in [2.05, 4.69) is 10.6 Å². The van der Waals surface area contributed by atoms with Crippen LogP contribution in [-0.2, 0) is 4.79 Å². The van der Waals surface area contributed by atoms with E-state index < -0.39 is 16.6 Å². The quantitative estimate of drug-likeness (QED) is 0.631. The van der Waals surface area contributed by atoms with Gasteiger partial charge in [-0.05, 0) is 24.3 Å². The average Bonchev–Trinajstić information content (AvgIpc) is 2.53. The third-order valence-corrected chi connectivity index (χ3v) is 2.95. The van der Waals surface area contributed by atoms with Crippen LogP contribution in [0.5, 0.6) is 5.75 Å². The number of ether oxygens (including phenoxy) is 1. The summed E-state index contributed by atoms with van der Waals surface area (Å²) in [6, 6.07) is 9.58. The van der Waals surface area contributed by atoms with E-state index in [0.717, 1.165) is 0 Å². The Kier molecular flexibility index (Phi) is 5.08. The van der Waals surface area contributed by atoms with Gasteiger partial charge >= 0.3 is 0 Å². The van der Waals surface area contributed by atoms with Crippen LogP contribution in [0.2, 0.25) is 0 Å². The number of non-ortho nitro benzene ring substituents is 1. The van der Waals surface area contributed by atoms with E-state index in [1.54, 1.807) is 6.07 Å². The van der Waals surface area contributed by atoms with Crippen LogP contribution in [0.4, 0.5) is 21.5 Å². The van der Waals surface area contributed by atoms with Gasteiger partial charge in [0.15, 0.2) is 0 Å². The zero-order valence-electron chi connectivity index (χ0n) is 12.2. The molecule has 2 aromatic carbocycles. The molecule has 0 radical (unpaired) electrons. The van der Waals surface area contributed by atoms with Gasteiger partial charge in [-0.15, -0.1) is 0 Å². The summed E-state index contributed by atoms with van der Waals surface area (Å²) in [6.07, 6.45) is 0. The summed E-state index contributed by atoms with van der Waals surface area (Å²) >= 11 is 0. The van der Waals surface area contributed by atoms with E-state index in [1.165, 1.54) is 43.5 Å². The molecule has 0 saturated heterocycles. The van der Waals surface area contributed by atoms with E-state index in [1.807, 2.05) is 0 Å². The molecule has 0 unspecified atom stereocenters. The average molecular weight is 319 g/mol. The summed E-state index contributed by atoms with van der Waals surface area (Å²) in [5, 5.41) is 16.1. The van der Waals surface area contributed by atoms with Crippen molar-refractivity contribution in [2.75, 3.05) is 24.3 Å². The van der Waals surface area contributed by atoms with Crippen molar-refractivity contribution in [2.24, 2.45) is 0 Å². The second-order valence-electron chi connectivity index (χ2n) is 4.55. The number of rotatable bonds is 6. The molecule has 0 aliphatic carbocycles. The molecule has 0 aliphatic rings. The molecule has 2 N–H and O–H groups in total. The van der Waals surface area contributed by atoms with Crippen molar-refractivity contribution in [3.63, 3.8) is 0 Å². The summed E-state index contributed by atoms with van der Waals surface area (Å²) in [5.41, 5.74) is 0.637. The van der Waals surface area contributed by atoms with Gasteiger partial charge in [-0.3, -0.25) is 14.9 Å². The maximum Gasteiger partial charge on any atom is 0.273 e. The number of hydrogen-bond acceptors (Lipinski definition) is 5. The fraction of sp³-hybridized carbons (Fsp3) is 0.133. The number of amides is 1. The Bertz CT molecular complexity index is 736. The lowest BCUT2D eigenvalue weighted by Gasteiger charge is -2.11. The Morgan fingerprint density at radius 2 is 2.09 bits per heavy atom. The summed E-state index contributed by atoms with van der Waals surface area (Å²) < 4.78 is 18.1. The van der Waals surface area contributed by atoms with Crippen LogP contribution in [0.25, 0.3) is 0 Å². The van der Waals surface area contributed by atoms with Crippen molar-refractivity contribution in [2.45, 2.75) is 0 Å². The van der Waals surface area contributed by atoms with Gasteiger partial charge in [-0.25, -0.2) is 4.39 Å². The van der Waals surface area contributed by atoms with Crippen LogP contribution in [0.1, 0.15) is 0 Å². The smallest absolute Gasteiger partial charge is 0.273 e. The number of anilines is 2. The topological polar surface area (TPSA) is 93.5 Å². The minimum Gasteiger partial charge on any atom is -0.494 e. The van der Waals surface area contributed by atoms with Gasteiger partial charge in [0.25, 0.3) is 5.69 Å². The summed E-state index contributed by atoms with van der Waals surface area (Å²) in [5.74, 6) is -0.632. The van der Waals surface area contributed by atoms with Gasteiger partial charge in [0.1, 0.15) is 11.6 Å². The number of carbonyl (C=O) groups is 1. The molecule has 0 heterocycles. The molecule has 7 nitrogen and oxygen atoms in total. The first-order valence-corrected chi connectivity index (χ1v) is 6.61. The molecule has 2 rings (SSSR count). The SMILES string of the molecule is COc1cc([N+](=O)[O-])ccc1NC(=O)CNc1cccc(F)c1. The van der Waals surface area contributed by atoms with Gasteiger partial charge in [-0.1, -0.05) is 6.07 Å². The first kappa shape index (κ1) is 16.2. The Morgan fingerprint density at radius 3 is 2.74 bits per heavy atom. The van der Waals surface area contributed by atoms with E-state index >= 15 is 0 Å². The Labute approximate surface area is 131 Å². The van der Waals surface area contributed by atoms with Gasteiger partial charge in [0, 0.05) is 11.8 Å². The van der Waals surface area contributed by atoms with Crippen molar-refractivity contribution in [3.05, 3.63) is 58.4 Å². The third-order valence-electron chi connectivity index (χ3n) is 2.95. The zero-order valence-corrected chi connectivity index (χ0v) is 12.2. The van der Waals surface area contributed by atoms with E-state index in [4.69, 9.17) is 4.74 Å². The Balaban J connectivity index is 2.01. The first-order chi connectivity index (χ1) is 11.0. The Hall–Kier alpha value is -3.16. The van der Waals surface area contributed by atoms with Crippen molar-refractivity contribution in [1.29, 1.82) is 0 Å². The fourth-order valence-electron chi connectivity index (χ4n) is 1.87. The number of methoxy groups -OCH3 is 1. The molecule has 0 spiro atoms. The molecule has 120 valence electrons. The molecular weight excluding hydrogens is 305 g/mol. The van der Waals surface area contributed by atoms with E-state index in [9.17, 15) is 19.3 Å². The van der Waals surface area contributed by atoms with Crippen molar-refractivity contribution in [3.8, 4) is 5.75 Å². The lowest BCUT2D eigenvalue weighted by molar-refractivity contribution is -0.384. The molecular formula is C15H14FN3O4. The van der Waals surface area contributed by atoms with Gasteiger partial charge in [0.2, 0.25) is 5.91 Å². The number of benzene rings is 2. The monoisotopic (exact) mass is 319 g/mol. The molecule has 0 bridgehead atoms. The molecule has 2 aromatic rings. The molecule has 0 fully saturated rings. The summed E-state index contributed by atoms with van der Waals surface area (Å²) in [6.45, 7) is -0.0937. The number of nitrogens with one attached hydrogen (secondary N) is 2. The normalized spacial score (nSPS) is 10.0.